The van der Waals surface area contributed by atoms with Crippen LogP contribution in [0.25, 0.3) is 0 Å². The van der Waals surface area contributed by atoms with E-state index in [9.17, 15) is 4.79 Å². The lowest BCUT2D eigenvalue weighted by Crippen LogP contribution is -2.23. The van der Waals surface area contributed by atoms with Crippen molar-refractivity contribution in [2.75, 3.05) is 6.16 Å². The SMILES string of the molecule is CC(C)CCCCCCCCCC1CCP1C(=O)O. The highest BCUT2D eigenvalue weighted by molar-refractivity contribution is 7.76. The van der Waals surface area contributed by atoms with Crippen LogP contribution in [0.1, 0.15) is 78.1 Å². The highest BCUT2D eigenvalue weighted by Gasteiger charge is 2.35. The van der Waals surface area contributed by atoms with E-state index in [0.717, 1.165) is 12.1 Å². The summed E-state index contributed by atoms with van der Waals surface area (Å²) >= 11 is 0. The fourth-order valence-corrected chi connectivity index (χ4v) is 4.69. The summed E-state index contributed by atoms with van der Waals surface area (Å²) in [5, 5.41) is 8.99. The van der Waals surface area contributed by atoms with E-state index in [0.29, 0.717) is 5.66 Å². The first-order valence-corrected chi connectivity index (χ1v) is 9.70. The minimum Gasteiger partial charge on any atom is -0.478 e. The number of carboxylic acid groups (broad SMARTS) is 1. The molecule has 0 aliphatic carbocycles. The number of unbranched alkanes of at least 4 members (excludes halogenated alkanes) is 6. The average molecular weight is 286 g/mol. The smallest absolute Gasteiger partial charge is 0.323 e. The van der Waals surface area contributed by atoms with Gasteiger partial charge in [-0.25, -0.2) is 4.79 Å². The van der Waals surface area contributed by atoms with Crippen LogP contribution in [0, 0.1) is 5.92 Å². The van der Waals surface area contributed by atoms with Crippen molar-refractivity contribution >= 4 is 13.6 Å². The van der Waals surface area contributed by atoms with E-state index in [4.69, 9.17) is 5.11 Å². The third kappa shape index (κ3) is 7.30. The average Bonchev–Trinajstić information content (AvgIpc) is 2.28. The van der Waals surface area contributed by atoms with Crippen molar-refractivity contribution in [2.45, 2.75) is 83.7 Å². The third-order valence-corrected chi connectivity index (χ3v) is 6.84. The van der Waals surface area contributed by atoms with Gasteiger partial charge in [0.15, 0.2) is 0 Å². The number of hydrogen-bond donors (Lipinski definition) is 1. The monoisotopic (exact) mass is 286 g/mol. The molecule has 0 aromatic carbocycles. The molecule has 0 aromatic heterocycles. The molecule has 1 fully saturated rings. The maximum Gasteiger partial charge on any atom is 0.323 e. The molecule has 2 atom stereocenters. The zero-order chi connectivity index (χ0) is 14.1. The van der Waals surface area contributed by atoms with E-state index in [2.05, 4.69) is 13.8 Å². The lowest BCUT2D eigenvalue weighted by Gasteiger charge is -2.33. The summed E-state index contributed by atoms with van der Waals surface area (Å²) < 4.78 is 0. The van der Waals surface area contributed by atoms with Gasteiger partial charge < -0.3 is 5.11 Å². The third-order valence-electron chi connectivity index (χ3n) is 4.21. The molecule has 112 valence electrons. The molecule has 2 nitrogen and oxygen atoms in total. The van der Waals surface area contributed by atoms with E-state index >= 15 is 0 Å². The van der Waals surface area contributed by atoms with Crippen LogP contribution in [0.4, 0.5) is 4.79 Å². The predicted molar refractivity (Wildman–Crippen MR) is 84.6 cm³/mol. The Morgan fingerprint density at radius 2 is 1.68 bits per heavy atom. The molecule has 1 heterocycles. The van der Waals surface area contributed by atoms with Crippen LogP contribution < -0.4 is 0 Å². The highest BCUT2D eigenvalue weighted by Crippen LogP contribution is 2.55. The summed E-state index contributed by atoms with van der Waals surface area (Å²) in [4.78, 5) is 10.9. The molecule has 19 heavy (non-hydrogen) atoms. The summed E-state index contributed by atoms with van der Waals surface area (Å²) in [6.45, 7) is 4.60. The molecule has 2 unspecified atom stereocenters. The summed E-state index contributed by atoms with van der Waals surface area (Å²) in [6, 6.07) is 0. The molecule has 0 saturated carbocycles. The largest absolute Gasteiger partial charge is 0.478 e. The normalized spacial score (nSPS) is 22.5. The first-order chi connectivity index (χ1) is 9.11. The molecule has 0 aromatic rings. The minimum absolute atomic E-state index is 0.503. The van der Waals surface area contributed by atoms with Crippen LogP contribution in [0.3, 0.4) is 0 Å². The Morgan fingerprint density at radius 1 is 1.11 bits per heavy atom. The lowest BCUT2D eigenvalue weighted by atomic mass is 10.0. The molecule has 1 aliphatic heterocycles. The van der Waals surface area contributed by atoms with Crippen LogP contribution in [0.15, 0.2) is 0 Å². The van der Waals surface area contributed by atoms with Gasteiger partial charge in [0.2, 0.25) is 0 Å². The standard InChI is InChI=1S/C16H31O2P/c1-14(2)10-8-6-4-3-5-7-9-11-15-12-13-19(15)16(17)18/h14-15H,3-13H2,1-2H3,(H,17,18). The first-order valence-electron chi connectivity index (χ1n) is 8.11. The maximum absolute atomic E-state index is 10.9. The highest BCUT2D eigenvalue weighted by atomic mass is 31.1. The molecule has 1 aliphatic rings. The predicted octanol–water partition coefficient (Wildman–Crippen LogP) is 6.09. The fourth-order valence-electron chi connectivity index (χ4n) is 2.81. The maximum atomic E-state index is 10.9. The van der Waals surface area contributed by atoms with Crippen LogP contribution in [-0.4, -0.2) is 22.6 Å². The van der Waals surface area contributed by atoms with Crippen molar-refractivity contribution < 1.29 is 9.90 Å². The fraction of sp³-hybridized carbons (Fsp3) is 0.938. The van der Waals surface area contributed by atoms with E-state index < -0.39 is 13.6 Å². The quantitative estimate of drug-likeness (QED) is 0.369. The topological polar surface area (TPSA) is 37.3 Å². The van der Waals surface area contributed by atoms with E-state index in [1.807, 2.05) is 0 Å². The van der Waals surface area contributed by atoms with Crippen LogP contribution in [-0.2, 0) is 0 Å². The van der Waals surface area contributed by atoms with Crippen molar-refractivity contribution in [3.63, 3.8) is 0 Å². The van der Waals surface area contributed by atoms with Crippen LogP contribution in [0.2, 0.25) is 0 Å². The zero-order valence-corrected chi connectivity index (χ0v) is 13.6. The second-order valence-corrected chi connectivity index (χ2v) is 8.86. The summed E-state index contributed by atoms with van der Waals surface area (Å²) in [7, 11) is -0.642. The van der Waals surface area contributed by atoms with Gasteiger partial charge in [0.05, 0.1) is 0 Å². The Balaban J connectivity index is 1.83. The molecule has 0 amide bonds. The van der Waals surface area contributed by atoms with E-state index in [-0.39, 0.29) is 0 Å². The molecule has 0 bridgehead atoms. The lowest BCUT2D eigenvalue weighted by molar-refractivity contribution is 0.220. The van der Waals surface area contributed by atoms with E-state index in [1.165, 1.54) is 64.2 Å². The first kappa shape index (κ1) is 17.0. The van der Waals surface area contributed by atoms with Gasteiger partial charge in [0, 0.05) is 7.92 Å². The van der Waals surface area contributed by atoms with Crippen molar-refractivity contribution in [1.29, 1.82) is 0 Å². The van der Waals surface area contributed by atoms with Gasteiger partial charge in [-0.1, -0.05) is 65.2 Å². The van der Waals surface area contributed by atoms with Crippen LogP contribution in [0.5, 0.6) is 0 Å². The van der Waals surface area contributed by atoms with Gasteiger partial charge in [-0.15, -0.1) is 0 Å². The van der Waals surface area contributed by atoms with Crippen molar-refractivity contribution in [3.05, 3.63) is 0 Å². The van der Waals surface area contributed by atoms with Crippen molar-refractivity contribution in [1.82, 2.24) is 0 Å². The molecule has 1 rings (SSSR count). The van der Waals surface area contributed by atoms with E-state index in [1.54, 1.807) is 0 Å². The van der Waals surface area contributed by atoms with Gasteiger partial charge in [0.25, 0.3) is 0 Å². The van der Waals surface area contributed by atoms with Crippen LogP contribution >= 0.6 is 7.92 Å². The van der Waals surface area contributed by atoms with Gasteiger partial charge in [-0.2, -0.15) is 0 Å². The Kier molecular flexibility index (Phi) is 8.70. The van der Waals surface area contributed by atoms with Gasteiger partial charge in [-0.05, 0) is 30.6 Å². The molecule has 1 N–H and O–H groups in total. The molecule has 1 saturated heterocycles. The Hall–Kier alpha value is -0.100. The molecule has 3 heteroatoms. The Bertz CT molecular complexity index is 253. The second-order valence-electron chi connectivity index (χ2n) is 6.36. The second kappa shape index (κ2) is 9.75. The minimum atomic E-state index is -0.642. The summed E-state index contributed by atoms with van der Waals surface area (Å²) in [5.74, 6) is 0.853. The van der Waals surface area contributed by atoms with Crippen molar-refractivity contribution in [2.24, 2.45) is 5.92 Å². The summed E-state index contributed by atoms with van der Waals surface area (Å²) in [6.07, 6.45) is 14.2. The Labute approximate surface area is 120 Å². The molecular formula is C16H31O2P. The number of rotatable bonds is 11. The molecule has 0 radical (unpaired) electrons. The van der Waals surface area contributed by atoms with Crippen molar-refractivity contribution in [3.8, 4) is 0 Å². The number of hydrogen-bond acceptors (Lipinski definition) is 1. The molecular weight excluding hydrogens is 255 g/mol. The number of carbonyl (C=O) groups is 1. The summed E-state index contributed by atoms with van der Waals surface area (Å²) in [5.41, 5.74) is 0.0509. The zero-order valence-electron chi connectivity index (χ0n) is 12.7. The molecule has 0 spiro atoms. The van der Waals surface area contributed by atoms with Gasteiger partial charge >= 0.3 is 5.71 Å². The Morgan fingerprint density at radius 3 is 2.16 bits per heavy atom. The van der Waals surface area contributed by atoms with Gasteiger partial charge in [0.1, 0.15) is 0 Å². The van der Waals surface area contributed by atoms with Gasteiger partial charge in [-0.3, -0.25) is 0 Å².